The van der Waals surface area contributed by atoms with Gasteiger partial charge in [0.15, 0.2) is 5.41 Å². The topological polar surface area (TPSA) is 93.2 Å². The number of rotatable bonds is 4. The third-order valence-electron chi connectivity index (χ3n) is 2.60. The van der Waals surface area contributed by atoms with E-state index in [0.29, 0.717) is 0 Å². The van der Waals surface area contributed by atoms with Crippen molar-refractivity contribution in [3.05, 3.63) is 38.9 Å². The maximum atomic E-state index is 11.9. The standard InChI is InChI=1S/C12H11ClN2O4/c1-3-19-11(16)12(2,7-14)10-8(13)5-4-6-9(10)15(17)18/h4-6H,3H2,1-2H3. The van der Waals surface area contributed by atoms with Gasteiger partial charge < -0.3 is 4.74 Å². The Kier molecular flexibility index (Phi) is 4.46. The first-order valence-electron chi connectivity index (χ1n) is 5.40. The van der Waals surface area contributed by atoms with E-state index in [-0.39, 0.29) is 22.9 Å². The van der Waals surface area contributed by atoms with Crippen molar-refractivity contribution in [2.45, 2.75) is 19.3 Å². The van der Waals surface area contributed by atoms with Crippen LogP contribution >= 0.6 is 11.6 Å². The summed E-state index contributed by atoms with van der Waals surface area (Å²) in [5.41, 5.74) is -2.36. The molecule has 0 bridgehead atoms. The molecule has 6 nitrogen and oxygen atoms in total. The molecule has 0 amide bonds. The van der Waals surface area contributed by atoms with Gasteiger partial charge in [0.1, 0.15) is 0 Å². The summed E-state index contributed by atoms with van der Waals surface area (Å²) in [6.07, 6.45) is 0. The van der Waals surface area contributed by atoms with Crippen LogP contribution in [0.5, 0.6) is 0 Å². The molecule has 1 atom stereocenters. The second kappa shape index (κ2) is 5.67. The summed E-state index contributed by atoms with van der Waals surface area (Å²) in [4.78, 5) is 22.2. The van der Waals surface area contributed by atoms with Crippen LogP contribution in [0.25, 0.3) is 0 Å². The minimum Gasteiger partial charge on any atom is -0.465 e. The fraction of sp³-hybridized carbons (Fsp3) is 0.333. The number of nitro groups is 1. The van der Waals surface area contributed by atoms with Gasteiger partial charge in [-0.05, 0) is 19.9 Å². The van der Waals surface area contributed by atoms with E-state index in [9.17, 15) is 20.2 Å². The number of hydrogen-bond acceptors (Lipinski definition) is 5. The van der Waals surface area contributed by atoms with Crippen molar-refractivity contribution in [2.75, 3.05) is 6.61 Å². The summed E-state index contributed by atoms with van der Waals surface area (Å²) in [5.74, 6) is -0.867. The fourth-order valence-corrected chi connectivity index (χ4v) is 2.00. The maximum Gasteiger partial charge on any atom is 0.331 e. The molecule has 100 valence electrons. The Morgan fingerprint density at radius 2 is 2.26 bits per heavy atom. The summed E-state index contributed by atoms with van der Waals surface area (Å²) in [6, 6.07) is 5.71. The summed E-state index contributed by atoms with van der Waals surface area (Å²) in [7, 11) is 0. The molecule has 0 spiro atoms. The van der Waals surface area contributed by atoms with Gasteiger partial charge in [0.25, 0.3) is 5.69 Å². The Balaban J connectivity index is 3.54. The molecule has 0 aromatic heterocycles. The van der Waals surface area contributed by atoms with E-state index >= 15 is 0 Å². The molecule has 1 aromatic carbocycles. The number of carbonyl (C=O) groups is 1. The summed E-state index contributed by atoms with van der Waals surface area (Å²) < 4.78 is 4.80. The van der Waals surface area contributed by atoms with Crippen LogP contribution in [0.2, 0.25) is 5.02 Å². The highest BCUT2D eigenvalue weighted by Gasteiger charge is 2.44. The first kappa shape index (κ1) is 14.9. The summed E-state index contributed by atoms with van der Waals surface area (Å²) in [5, 5.41) is 20.2. The molecule has 0 radical (unpaired) electrons. The van der Waals surface area contributed by atoms with Crippen molar-refractivity contribution >= 4 is 23.3 Å². The Morgan fingerprint density at radius 3 is 2.74 bits per heavy atom. The molecule has 7 heteroatoms. The van der Waals surface area contributed by atoms with Crippen LogP contribution in [-0.2, 0) is 14.9 Å². The zero-order valence-corrected chi connectivity index (χ0v) is 11.1. The molecular weight excluding hydrogens is 272 g/mol. The first-order chi connectivity index (χ1) is 8.88. The van der Waals surface area contributed by atoms with Crippen LogP contribution in [-0.4, -0.2) is 17.5 Å². The zero-order valence-electron chi connectivity index (χ0n) is 10.3. The van der Waals surface area contributed by atoms with Gasteiger partial charge in [-0.2, -0.15) is 5.26 Å². The van der Waals surface area contributed by atoms with Crippen LogP contribution in [0.15, 0.2) is 18.2 Å². The predicted molar refractivity (Wildman–Crippen MR) is 67.7 cm³/mol. The smallest absolute Gasteiger partial charge is 0.331 e. The maximum absolute atomic E-state index is 11.9. The number of nitriles is 1. The van der Waals surface area contributed by atoms with Crippen molar-refractivity contribution in [1.29, 1.82) is 5.26 Å². The monoisotopic (exact) mass is 282 g/mol. The molecule has 0 fully saturated rings. The third kappa shape index (κ3) is 2.66. The lowest BCUT2D eigenvalue weighted by Gasteiger charge is -2.20. The summed E-state index contributed by atoms with van der Waals surface area (Å²) in [6.45, 7) is 2.89. The van der Waals surface area contributed by atoms with E-state index in [2.05, 4.69) is 0 Å². The molecule has 0 saturated heterocycles. The van der Waals surface area contributed by atoms with E-state index in [4.69, 9.17) is 16.3 Å². The lowest BCUT2D eigenvalue weighted by molar-refractivity contribution is -0.385. The number of esters is 1. The normalized spacial score (nSPS) is 13.2. The molecule has 0 aliphatic heterocycles. The molecule has 1 aromatic rings. The van der Waals surface area contributed by atoms with Crippen LogP contribution in [0.1, 0.15) is 19.4 Å². The number of nitro benzene ring substituents is 1. The molecule has 0 heterocycles. The van der Waals surface area contributed by atoms with Gasteiger partial charge in [-0.25, -0.2) is 4.79 Å². The van der Waals surface area contributed by atoms with Crippen LogP contribution in [0.3, 0.4) is 0 Å². The minimum absolute atomic E-state index is 0.0219. The largest absolute Gasteiger partial charge is 0.465 e. The van der Waals surface area contributed by atoms with E-state index in [0.717, 1.165) is 0 Å². The molecule has 0 aliphatic carbocycles. The number of hydrogen-bond donors (Lipinski definition) is 0. The molecule has 0 aliphatic rings. The number of benzene rings is 1. The van der Waals surface area contributed by atoms with Gasteiger partial charge in [0, 0.05) is 6.07 Å². The Morgan fingerprint density at radius 1 is 1.63 bits per heavy atom. The van der Waals surface area contributed by atoms with E-state index < -0.39 is 16.3 Å². The van der Waals surface area contributed by atoms with Gasteiger partial charge in [-0.3, -0.25) is 10.1 Å². The van der Waals surface area contributed by atoms with Crippen molar-refractivity contribution in [1.82, 2.24) is 0 Å². The molecule has 0 saturated carbocycles. The lowest BCUT2D eigenvalue weighted by Crippen LogP contribution is -2.34. The zero-order chi connectivity index (χ0) is 14.6. The van der Waals surface area contributed by atoms with Crippen LogP contribution < -0.4 is 0 Å². The average molecular weight is 283 g/mol. The number of nitrogens with zero attached hydrogens (tertiary/aromatic N) is 2. The number of ether oxygens (including phenoxy) is 1. The van der Waals surface area contributed by atoms with Gasteiger partial charge >= 0.3 is 5.97 Å². The van der Waals surface area contributed by atoms with E-state index in [1.165, 1.54) is 25.1 Å². The molecule has 1 unspecified atom stereocenters. The quantitative estimate of drug-likeness (QED) is 0.481. The van der Waals surface area contributed by atoms with Gasteiger partial charge in [-0.1, -0.05) is 17.7 Å². The Labute approximate surface area is 114 Å². The highest BCUT2D eigenvalue weighted by atomic mass is 35.5. The van der Waals surface area contributed by atoms with Crippen LogP contribution in [0, 0.1) is 21.4 Å². The Bertz CT molecular complexity index is 567. The predicted octanol–water partition coefficient (Wildman–Crippen LogP) is 2.59. The molecule has 0 N–H and O–H groups in total. The van der Waals surface area contributed by atoms with Crippen molar-refractivity contribution in [3.63, 3.8) is 0 Å². The second-order valence-electron chi connectivity index (χ2n) is 3.85. The number of carbonyl (C=O) groups excluding carboxylic acids is 1. The highest BCUT2D eigenvalue weighted by Crippen LogP contribution is 2.37. The van der Waals surface area contributed by atoms with E-state index in [1.807, 2.05) is 0 Å². The molecular formula is C12H11ClN2O4. The molecule has 19 heavy (non-hydrogen) atoms. The first-order valence-corrected chi connectivity index (χ1v) is 5.78. The SMILES string of the molecule is CCOC(=O)C(C)(C#N)c1c(Cl)cccc1[N+](=O)[O-]. The van der Waals surface area contributed by atoms with Crippen molar-refractivity contribution in [3.8, 4) is 6.07 Å². The van der Waals surface area contributed by atoms with Crippen molar-refractivity contribution in [2.24, 2.45) is 0 Å². The second-order valence-corrected chi connectivity index (χ2v) is 4.26. The average Bonchev–Trinajstić information content (AvgIpc) is 2.37. The highest BCUT2D eigenvalue weighted by molar-refractivity contribution is 6.32. The summed E-state index contributed by atoms with van der Waals surface area (Å²) >= 11 is 5.92. The van der Waals surface area contributed by atoms with Crippen molar-refractivity contribution < 1.29 is 14.5 Å². The van der Waals surface area contributed by atoms with E-state index in [1.54, 1.807) is 13.0 Å². The minimum atomic E-state index is -1.82. The van der Waals surface area contributed by atoms with Gasteiger partial charge in [0.05, 0.1) is 28.2 Å². The van der Waals surface area contributed by atoms with Crippen LogP contribution in [0.4, 0.5) is 5.69 Å². The van der Waals surface area contributed by atoms with Gasteiger partial charge in [-0.15, -0.1) is 0 Å². The lowest BCUT2D eigenvalue weighted by atomic mass is 9.83. The number of halogens is 1. The third-order valence-corrected chi connectivity index (χ3v) is 2.91. The van der Waals surface area contributed by atoms with Gasteiger partial charge in [0.2, 0.25) is 0 Å². The fourth-order valence-electron chi connectivity index (χ4n) is 1.64. The molecule has 1 rings (SSSR count). The Hall–Kier alpha value is -2.13.